The number of fused-ring (bicyclic) bond motifs is 1. The second kappa shape index (κ2) is 9.22. The highest BCUT2D eigenvalue weighted by Crippen LogP contribution is 2.31. The minimum Gasteiger partial charge on any atom is -0.418 e. The Kier molecular flexibility index (Phi) is 7.49. The van der Waals surface area contributed by atoms with Crippen LogP contribution in [0.1, 0.15) is 80.5 Å². The summed E-state index contributed by atoms with van der Waals surface area (Å²) in [7, 11) is -6.00. The number of hydrogen-bond donors (Lipinski definition) is 0. The molecule has 0 saturated carbocycles. The molecule has 1 aromatic carbocycles. The van der Waals surface area contributed by atoms with Crippen molar-refractivity contribution in [1.29, 1.82) is 0 Å². The molecule has 1 nitrogen and oxygen atoms in total. The van der Waals surface area contributed by atoms with Crippen LogP contribution in [0.4, 0.5) is 17.3 Å². The molecule has 0 saturated heterocycles. The number of thiazole rings is 1. The summed E-state index contributed by atoms with van der Waals surface area (Å²) in [6.07, 6.45) is 6.59. The van der Waals surface area contributed by atoms with Gasteiger partial charge < -0.3 is 17.3 Å². The van der Waals surface area contributed by atoms with Crippen LogP contribution in [0, 0.1) is 0 Å². The Labute approximate surface area is 163 Å². The maximum absolute atomic E-state index is 9.75. The summed E-state index contributed by atoms with van der Waals surface area (Å²) in [6.45, 7) is 9.26. The number of aryl methyl sites for hydroxylation is 1. The maximum Gasteiger partial charge on any atom is 0.673 e. The van der Waals surface area contributed by atoms with Gasteiger partial charge >= 0.3 is 7.25 Å². The average Bonchev–Trinajstić information content (AvgIpc) is 2.80. The van der Waals surface area contributed by atoms with Crippen molar-refractivity contribution in [2.24, 2.45) is 0 Å². The van der Waals surface area contributed by atoms with Gasteiger partial charge in [-0.1, -0.05) is 63.7 Å². The standard InChI is InChI=1S/C20H28NS.BF4/c1-14(2)16-9-8-10-17(15(3)4)20(16)21-13-22-19-12-7-5-6-11-18(19)21;2-1(3,4)5/h8-10,13-15H,5-7,11-12H2,1-4H3;/q+1;-1. The number of benzene rings is 1. The van der Waals surface area contributed by atoms with E-state index in [1.807, 2.05) is 11.3 Å². The van der Waals surface area contributed by atoms with Crippen LogP contribution in [0.15, 0.2) is 23.7 Å². The minimum atomic E-state index is -6.00. The second-order valence-corrected chi connectivity index (χ2v) is 8.55. The van der Waals surface area contributed by atoms with Crippen molar-refractivity contribution in [1.82, 2.24) is 0 Å². The molecule has 0 atom stereocenters. The third-order valence-electron chi connectivity index (χ3n) is 4.81. The zero-order valence-electron chi connectivity index (χ0n) is 16.4. The zero-order valence-corrected chi connectivity index (χ0v) is 17.3. The van der Waals surface area contributed by atoms with Crippen molar-refractivity contribution in [2.75, 3.05) is 0 Å². The predicted molar refractivity (Wildman–Crippen MR) is 105 cm³/mol. The molecule has 2 aromatic rings. The number of rotatable bonds is 3. The quantitative estimate of drug-likeness (QED) is 0.229. The van der Waals surface area contributed by atoms with Crippen LogP contribution < -0.4 is 4.57 Å². The number of hydrogen-bond acceptors (Lipinski definition) is 1. The van der Waals surface area contributed by atoms with Gasteiger partial charge in [-0.05, 0) is 31.1 Å². The molecule has 3 rings (SSSR count). The SMILES string of the molecule is CC(C)c1cccc(C(C)C)c1-[n+]1csc2c1CCCCC2.F[B-](F)(F)F. The summed E-state index contributed by atoms with van der Waals surface area (Å²) in [5.74, 6) is 1.12. The van der Waals surface area contributed by atoms with Crippen molar-refractivity contribution in [2.45, 2.75) is 71.6 Å². The highest BCUT2D eigenvalue weighted by atomic mass is 32.1. The fourth-order valence-corrected chi connectivity index (χ4v) is 4.64. The van der Waals surface area contributed by atoms with Crippen LogP contribution in [0.5, 0.6) is 0 Å². The van der Waals surface area contributed by atoms with Crippen molar-refractivity contribution in [3.8, 4) is 5.69 Å². The van der Waals surface area contributed by atoms with Gasteiger partial charge in [0.25, 0.3) is 0 Å². The van der Waals surface area contributed by atoms with Gasteiger partial charge in [0, 0.05) is 17.5 Å². The van der Waals surface area contributed by atoms with Crippen LogP contribution in [0.2, 0.25) is 0 Å². The fourth-order valence-electron chi connectivity index (χ4n) is 3.58. The van der Waals surface area contributed by atoms with E-state index in [0.717, 1.165) is 0 Å². The molecular weight excluding hydrogens is 373 g/mol. The van der Waals surface area contributed by atoms with Crippen LogP contribution in [-0.4, -0.2) is 7.25 Å². The lowest BCUT2D eigenvalue weighted by Gasteiger charge is -2.15. The molecule has 0 amide bonds. The lowest BCUT2D eigenvalue weighted by atomic mass is 9.92. The van der Waals surface area contributed by atoms with Crippen LogP contribution in [-0.2, 0) is 12.8 Å². The van der Waals surface area contributed by atoms with Gasteiger partial charge in [0.1, 0.15) is 0 Å². The van der Waals surface area contributed by atoms with E-state index in [4.69, 9.17) is 0 Å². The molecule has 1 heterocycles. The van der Waals surface area contributed by atoms with Crippen LogP contribution in [0.25, 0.3) is 5.69 Å². The number of para-hydroxylation sites is 1. The van der Waals surface area contributed by atoms with Gasteiger partial charge in [0.15, 0.2) is 0 Å². The summed E-state index contributed by atoms with van der Waals surface area (Å²) in [5.41, 5.74) is 8.38. The Morgan fingerprint density at radius 2 is 1.41 bits per heavy atom. The molecular formula is C20H28BF4NS. The largest absolute Gasteiger partial charge is 0.673 e. The van der Waals surface area contributed by atoms with E-state index < -0.39 is 7.25 Å². The molecule has 0 spiro atoms. The molecule has 1 aliphatic carbocycles. The van der Waals surface area contributed by atoms with Crippen molar-refractivity contribution in [3.05, 3.63) is 45.4 Å². The first-order chi connectivity index (χ1) is 12.6. The van der Waals surface area contributed by atoms with Gasteiger partial charge in [-0.3, -0.25) is 0 Å². The first-order valence-electron chi connectivity index (χ1n) is 9.61. The third-order valence-corrected chi connectivity index (χ3v) is 5.85. The highest BCUT2D eigenvalue weighted by Gasteiger charge is 2.29. The summed E-state index contributed by atoms with van der Waals surface area (Å²) in [5, 5.41) is 0. The Morgan fingerprint density at radius 3 is 1.93 bits per heavy atom. The molecule has 0 unspecified atom stereocenters. The first-order valence-corrected chi connectivity index (χ1v) is 10.5. The molecule has 150 valence electrons. The van der Waals surface area contributed by atoms with E-state index in [0.29, 0.717) is 11.8 Å². The lowest BCUT2D eigenvalue weighted by Crippen LogP contribution is -2.36. The number of halogens is 4. The Bertz CT molecular complexity index is 721. The van der Waals surface area contributed by atoms with E-state index in [1.165, 1.54) is 48.9 Å². The monoisotopic (exact) mass is 401 g/mol. The van der Waals surface area contributed by atoms with E-state index in [9.17, 15) is 17.3 Å². The highest BCUT2D eigenvalue weighted by molar-refractivity contribution is 7.09. The molecule has 1 aromatic heterocycles. The molecule has 0 radical (unpaired) electrons. The summed E-state index contributed by atoms with van der Waals surface area (Å²) >= 11 is 1.96. The average molecular weight is 401 g/mol. The van der Waals surface area contributed by atoms with Gasteiger partial charge in [0.2, 0.25) is 16.9 Å². The Hall–Kier alpha value is -1.37. The summed E-state index contributed by atoms with van der Waals surface area (Å²) in [6, 6.07) is 6.87. The molecule has 0 fully saturated rings. The topological polar surface area (TPSA) is 3.88 Å². The molecule has 0 aliphatic heterocycles. The third kappa shape index (κ3) is 6.06. The number of aromatic nitrogens is 1. The van der Waals surface area contributed by atoms with Crippen molar-refractivity contribution >= 4 is 18.6 Å². The summed E-state index contributed by atoms with van der Waals surface area (Å²) < 4.78 is 41.5. The lowest BCUT2D eigenvalue weighted by molar-refractivity contribution is -0.600. The van der Waals surface area contributed by atoms with Gasteiger partial charge in [-0.15, -0.1) is 0 Å². The molecule has 0 N–H and O–H groups in total. The van der Waals surface area contributed by atoms with Gasteiger partial charge in [-0.25, -0.2) is 0 Å². The number of nitrogens with zero attached hydrogens (tertiary/aromatic N) is 1. The van der Waals surface area contributed by atoms with E-state index in [-0.39, 0.29) is 0 Å². The molecule has 7 heteroatoms. The zero-order chi connectivity index (χ0) is 20.2. The van der Waals surface area contributed by atoms with Crippen LogP contribution in [0.3, 0.4) is 0 Å². The molecule has 0 bridgehead atoms. The van der Waals surface area contributed by atoms with E-state index in [2.05, 4.69) is 56.0 Å². The van der Waals surface area contributed by atoms with E-state index >= 15 is 0 Å². The maximum atomic E-state index is 9.75. The molecule has 27 heavy (non-hydrogen) atoms. The van der Waals surface area contributed by atoms with Gasteiger partial charge in [0.05, 0.1) is 4.88 Å². The van der Waals surface area contributed by atoms with Crippen LogP contribution >= 0.6 is 11.3 Å². The van der Waals surface area contributed by atoms with Crippen molar-refractivity contribution in [3.63, 3.8) is 0 Å². The Morgan fingerprint density at radius 1 is 0.889 bits per heavy atom. The fraction of sp³-hybridized carbons (Fsp3) is 0.550. The normalized spacial score (nSPS) is 14.6. The first kappa shape index (κ1) is 21.9. The second-order valence-electron chi connectivity index (χ2n) is 7.61. The minimum absolute atomic E-state index is 0.558. The Balaban J connectivity index is 0.000000465. The molecule has 1 aliphatic rings. The van der Waals surface area contributed by atoms with Gasteiger partial charge in [-0.2, -0.15) is 4.57 Å². The van der Waals surface area contributed by atoms with E-state index in [1.54, 1.807) is 10.6 Å². The smallest absolute Gasteiger partial charge is 0.418 e. The van der Waals surface area contributed by atoms with Crippen molar-refractivity contribution < 1.29 is 21.8 Å². The predicted octanol–water partition coefficient (Wildman–Crippen LogP) is 6.84. The summed E-state index contributed by atoms with van der Waals surface area (Å²) in [4.78, 5) is 1.62.